The molecule has 4 rings (SSSR count). The molecule has 6 heteroatoms. The second kappa shape index (κ2) is 8.27. The quantitative estimate of drug-likeness (QED) is 0.464. The third-order valence-corrected chi connectivity index (χ3v) is 7.73. The first-order valence-electron chi connectivity index (χ1n) is 10.6. The van der Waals surface area contributed by atoms with Crippen LogP contribution in [0, 0.1) is 10.1 Å². The highest BCUT2D eigenvalue weighted by Gasteiger charge is 2.49. The van der Waals surface area contributed by atoms with E-state index in [4.69, 9.17) is 4.99 Å². The van der Waals surface area contributed by atoms with Crippen molar-refractivity contribution in [2.75, 3.05) is 5.75 Å². The lowest BCUT2D eigenvalue weighted by atomic mass is 9.95. The van der Waals surface area contributed by atoms with Gasteiger partial charge in [0.2, 0.25) is 6.20 Å². The van der Waals surface area contributed by atoms with Crippen molar-refractivity contribution in [3.8, 4) is 0 Å². The van der Waals surface area contributed by atoms with Crippen LogP contribution in [0.2, 0.25) is 0 Å². The maximum atomic E-state index is 10.6. The lowest BCUT2D eigenvalue weighted by Crippen LogP contribution is -2.50. The summed E-state index contributed by atoms with van der Waals surface area (Å²) in [5.41, 5.74) is 3.36. The minimum Gasteiger partial charge on any atom is -0.342 e. The van der Waals surface area contributed by atoms with E-state index in [9.17, 15) is 10.1 Å². The summed E-state index contributed by atoms with van der Waals surface area (Å²) in [7, 11) is 0. The number of amidine groups is 1. The molecule has 0 radical (unpaired) electrons. The van der Waals surface area contributed by atoms with Crippen LogP contribution in [-0.4, -0.2) is 32.3 Å². The van der Waals surface area contributed by atoms with Crippen LogP contribution in [0.5, 0.6) is 0 Å². The standard InChI is InChI=1S/C22H29N3O2S/c1-2-18-15-17(11-14-24(26)27)9-10-20(18)23-21-25(19-7-3-4-8-19)22(16-28-21)12-5-6-13-22/h9-11,14-15,19H,2-8,12-13,16H2,1H3/b14-11+,23-21+. The Morgan fingerprint density at radius 2 is 2.04 bits per heavy atom. The number of nitro groups is 1. The summed E-state index contributed by atoms with van der Waals surface area (Å²) in [5, 5.41) is 11.8. The first-order valence-corrected chi connectivity index (χ1v) is 11.6. The Hall–Kier alpha value is -1.82. The molecule has 5 nitrogen and oxygen atoms in total. The van der Waals surface area contributed by atoms with Crippen LogP contribution in [0.15, 0.2) is 29.4 Å². The highest BCUT2D eigenvalue weighted by atomic mass is 32.2. The Bertz CT molecular complexity index is 793. The molecule has 2 saturated carbocycles. The molecular formula is C22H29N3O2S. The van der Waals surface area contributed by atoms with Gasteiger partial charge >= 0.3 is 0 Å². The smallest absolute Gasteiger partial charge is 0.235 e. The number of nitrogens with zero attached hydrogens (tertiary/aromatic N) is 3. The summed E-state index contributed by atoms with van der Waals surface area (Å²) in [6.45, 7) is 2.12. The molecule has 0 amide bonds. The first-order chi connectivity index (χ1) is 13.6. The van der Waals surface area contributed by atoms with Crippen LogP contribution < -0.4 is 0 Å². The van der Waals surface area contributed by atoms with Gasteiger partial charge in [-0.15, -0.1) is 0 Å². The van der Waals surface area contributed by atoms with Gasteiger partial charge in [-0.05, 0) is 55.4 Å². The number of aryl methyl sites for hydroxylation is 1. The Morgan fingerprint density at radius 3 is 2.71 bits per heavy atom. The molecule has 1 spiro atoms. The molecule has 1 aromatic carbocycles. The maximum Gasteiger partial charge on any atom is 0.235 e. The van der Waals surface area contributed by atoms with Crippen molar-refractivity contribution in [1.82, 2.24) is 4.90 Å². The average molecular weight is 400 g/mol. The molecule has 28 heavy (non-hydrogen) atoms. The van der Waals surface area contributed by atoms with Gasteiger partial charge in [0.25, 0.3) is 0 Å². The maximum absolute atomic E-state index is 10.6. The molecule has 3 aliphatic rings. The average Bonchev–Trinajstić information content (AvgIpc) is 3.44. The van der Waals surface area contributed by atoms with Gasteiger partial charge in [-0.25, -0.2) is 4.99 Å². The molecule has 1 aliphatic heterocycles. The number of hydrogen-bond acceptors (Lipinski definition) is 4. The van der Waals surface area contributed by atoms with Gasteiger partial charge in [0.1, 0.15) is 0 Å². The second-order valence-electron chi connectivity index (χ2n) is 8.27. The summed E-state index contributed by atoms with van der Waals surface area (Å²) in [6, 6.07) is 6.64. The van der Waals surface area contributed by atoms with Crippen LogP contribution in [0.25, 0.3) is 6.08 Å². The normalized spacial score (nSPS) is 23.6. The Labute approximate surface area is 171 Å². The zero-order valence-electron chi connectivity index (χ0n) is 16.6. The van der Waals surface area contributed by atoms with Gasteiger partial charge in [0.15, 0.2) is 5.17 Å². The summed E-state index contributed by atoms with van der Waals surface area (Å²) >= 11 is 1.94. The SMILES string of the molecule is CCc1cc(/C=C/[N+](=O)[O-])ccc1/N=C1/SCC2(CCCC2)N1C1CCCC1. The van der Waals surface area contributed by atoms with Crippen molar-refractivity contribution in [2.24, 2.45) is 4.99 Å². The number of aliphatic imine (C=N–C) groups is 1. The van der Waals surface area contributed by atoms with E-state index < -0.39 is 4.92 Å². The molecule has 0 N–H and O–H groups in total. The summed E-state index contributed by atoms with van der Waals surface area (Å²) < 4.78 is 0. The fourth-order valence-electron chi connectivity index (χ4n) is 5.10. The van der Waals surface area contributed by atoms with Crippen molar-refractivity contribution < 1.29 is 4.92 Å². The molecule has 2 aliphatic carbocycles. The predicted octanol–water partition coefficient (Wildman–Crippen LogP) is 5.79. The van der Waals surface area contributed by atoms with Gasteiger partial charge in [-0.2, -0.15) is 0 Å². The van der Waals surface area contributed by atoms with E-state index >= 15 is 0 Å². The van der Waals surface area contributed by atoms with Gasteiger partial charge in [0, 0.05) is 17.9 Å². The number of hydrogen-bond donors (Lipinski definition) is 0. The number of benzene rings is 1. The van der Waals surface area contributed by atoms with E-state index in [-0.39, 0.29) is 0 Å². The monoisotopic (exact) mass is 399 g/mol. The van der Waals surface area contributed by atoms with E-state index in [1.165, 1.54) is 62.3 Å². The van der Waals surface area contributed by atoms with E-state index in [2.05, 4.69) is 11.8 Å². The fraction of sp³-hybridized carbons (Fsp3) is 0.591. The second-order valence-corrected chi connectivity index (χ2v) is 9.21. The van der Waals surface area contributed by atoms with Gasteiger partial charge in [0.05, 0.1) is 16.1 Å². The molecular weight excluding hydrogens is 370 g/mol. The van der Waals surface area contributed by atoms with Crippen molar-refractivity contribution >= 4 is 28.7 Å². The Balaban J connectivity index is 1.66. The van der Waals surface area contributed by atoms with Gasteiger partial charge in [-0.1, -0.05) is 50.4 Å². The van der Waals surface area contributed by atoms with Crippen LogP contribution in [0.4, 0.5) is 5.69 Å². The number of thioether (sulfide) groups is 1. The molecule has 0 aromatic heterocycles. The summed E-state index contributed by atoms with van der Waals surface area (Å²) in [5.74, 6) is 1.17. The third-order valence-electron chi connectivity index (χ3n) is 6.50. The highest BCUT2D eigenvalue weighted by Crippen LogP contribution is 2.48. The molecule has 1 heterocycles. The molecule has 0 bridgehead atoms. The Kier molecular flexibility index (Phi) is 5.76. The van der Waals surface area contributed by atoms with Crippen LogP contribution >= 0.6 is 11.8 Å². The van der Waals surface area contributed by atoms with Crippen LogP contribution in [-0.2, 0) is 6.42 Å². The topological polar surface area (TPSA) is 58.7 Å². The van der Waals surface area contributed by atoms with Crippen molar-refractivity contribution in [3.63, 3.8) is 0 Å². The summed E-state index contributed by atoms with van der Waals surface area (Å²) in [6.07, 6.45) is 14.0. The van der Waals surface area contributed by atoms with Crippen molar-refractivity contribution in [1.29, 1.82) is 0 Å². The Morgan fingerprint density at radius 1 is 1.29 bits per heavy atom. The van der Waals surface area contributed by atoms with E-state index in [1.807, 2.05) is 30.0 Å². The molecule has 0 unspecified atom stereocenters. The molecule has 150 valence electrons. The fourth-order valence-corrected chi connectivity index (χ4v) is 6.57. The van der Waals surface area contributed by atoms with Crippen LogP contribution in [0.3, 0.4) is 0 Å². The zero-order chi connectivity index (χ0) is 19.6. The van der Waals surface area contributed by atoms with Gasteiger partial charge in [-0.3, -0.25) is 10.1 Å². The molecule has 3 fully saturated rings. The van der Waals surface area contributed by atoms with E-state index in [0.717, 1.165) is 29.4 Å². The van der Waals surface area contributed by atoms with Crippen molar-refractivity contribution in [3.05, 3.63) is 45.6 Å². The lowest BCUT2D eigenvalue weighted by Gasteiger charge is -2.40. The van der Waals surface area contributed by atoms with Crippen molar-refractivity contribution in [2.45, 2.75) is 76.3 Å². The molecule has 0 atom stereocenters. The molecule has 1 aromatic rings. The van der Waals surface area contributed by atoms with Gasteiger partial charge < -0.3 is 4.90 Å². The summed E-state index contributed by atoms with van der Waals surface area (Å²) in [4.78, 5) is 18.1. The largest absolute Gasteiger partial charge is 0.342 e. The third kappa shape index (κ3) is 3.84. The zero-order valence-corrected chi connectivity index (χ0v) is 17.4. The predicted molar refractivity (Wildman–Crippen MR) is 117 cm³/mol. The van der Waals surface area contributed by atoms with Crippen LogP contribution in [0.1, 0.15) is 69.4 Å². The van der Waals surface area contributed by atoms with E-state index in [0.29, 0.717) is 11.6 Å². The molecule has 1 saturated heterocycles. The first kappa shape index (κ1) is 19.5. The highest BCUT2D eigenvalue weighted by molar-refractivity contribution is 8.14. The number of rotatable bonds is 5. The minimum absolute atomic E-state index is 0.333. The lowest BCUT2D eigenvalue weighted by molar-refractivity contribution is -0.400. The minimum atomic E-state index is -0.421. The van der Waals surface area contributed by atoms with E-state index in [1.54, 1.807) is 6.08 Å².